The average Bonchev–Trinajstić information content (AvgIpc) is 2.38. The van der Waals surface area contributed by atoms with Crippen molar-refractivity contribution in [3.8, 4) is 5.75 Å². The fourth-order valence-corrected chi connectivity index (χ4v) is 1.60. The van der Waals surface area contributed by atoms with Crippen LogP contribution in [0.5, 0.6) is 5.75 Å². The van der Waals surface area contributed by atoms with E-state index in [0.717, 1.165) is 18.6 Å². The van der Waals surface area contributed by atoms with Gasteiger partial charge in [-0.15, -0.1) is 0 Å². The lowest BCUT2D eigenvalue weighted by atomic mass is 10.2. The number of ether oxygens (including phenoxy) is 1. The molecule has 0 heterocycles. The van der Waals surface area contributed by atoms with E-state index in [4.69, 9.17) is 16.3 Å². The number of hydrogen-bond donors (Lipinski definition) is 0. The van der Waals surface area contributed by atoms with Gasteiger partial charge in [0.15, 0.2) is 0 Å². The Morgan fingerprint density at radius 3 is 2.61 bits per heavy atom. The van der Waals surface area contributed by atoms with Gasteiger partial charge in [0.2, 0.25) is 5.91 Å². The van der Waals surface area contributed by atoms with E-state index in [1.807, 2.05) is 19.2 Å². The highest BCUT2D eigenvalue weighted by atomic mass is 35.5. The van der Waals surface area contributed by atoms with E-state index in [2.05, 4.69) is 6.92 Å². The number of carbonyl (C=O) groups is 1. The Kier molecular flexibility index (Phi) is 6.58. The molecule has 1 amide bonds. The van der Waals surface area contributed by atoms with Crippen LogP contribution in [0.1, 0.15) is 26.2 Å². The van der Waals surface area contributed by atoms with Crippen molar-refractivity contribution in [1.29, 1.82) is 0 Å². The third kappa shape index (κ3) is 5.41. The van der Waals surface area contributed by atoms with Crippen LogP contribution in [0.3, 0.4) is 0 Å². The minimum Gasteiger partial charge on any atom is -0.492 e. The van der Waals surface area contributed by atoms with Gasteiger partial charge in [0.05, 0.1) is 6.54 Å². The second kappa shape index (κ2) is 7.98. The van der Waals surface area contributed by atoms with Gasteiger partial charge in [-0.2, -0.15) is 0 Å². The molecule has 0 aliphatic carbocycles. The van der Waals surface area contributed by atoms with E-state index < -0.39 is 0 Å². The fourth-order valence-electron chi connectivity index (χ4n) is 1.47. The van der Waals surface area contributed by atoms with Gasteiger partial charge in [-0.3, -0.25) is 4.79 Å². The lowest BCUT2D eigenvalue weighted by Crippen LogP contribution is -2.30. The maximum atomic E-state index is 11.6. The van der Waals surface area contributed by atoms with Crippen LogP contribution in [-0.4, -0.2) is 31.0 Å². The number of hydrogen-bond acceptors (Lipinski definition) is 2. The van der Waals surface area contributed by atoms with Gasteiger partial charge in [0.1, 0.15) is 12.4 Å². The Balaban J connectivity index is 2.24. The van der Waals surface area contributed by atoms with Gasteiger partial charge in [0, 0.05) is 18.5 Å². The normalized spacial score (nSPS) is 10.2. The molecule has 0 bridgehead atoms. The number of unbranched alkanes of at least 4 members (excludes halogenated alkanes) is 1. The molecule has 0 saturated heterocycles. The highest BCUT2D eigenvalue weighted by Crippen LogP contribution is 2.15. The molecular formula is C14H20ClNO2. The summed E-state index contributed by atoms with van der Waals surface area (Å²) in [5.41, 5.74) is 0. The molecule has 0 aliphatic rings. The number of carbonyl (C=O) groups excluding carboxylic acids is 1. The summed E-state index contributed by atoms with van der Waals surface area (Å²) in [6.07, 6.45) is 2.61. The van der Waals surface area contributed by atoms with Crippen LogP contribution in [0, 0.1) is 0 Å². The highest BCUT2D eigenvalue weighted by molar-refractivity contribution is 6.30. The molecule has 0 aromatic heterocycles. The molecule has 0 unspecified atom stereocenters. The fraction of sp³-hybridized carbons (Fsp3) is 0.500. The second-order valence-corrected chi connectivity index (χ2v) is 4.66. The largest absolute Gasteiger partial charge is 0.492 e. The third-order valence-corrected chi connectivity index (χ3v) is 2.93. The number of rotatable bonds is 7. The Hall–Kier alpha value is -1.22. The number of amides is 1. The van der Waals surface area contributed by atoms with Crippen molar-refractivity contribution in [3.05, 3.63) is 29.3 Å². The van der Waals surface area contributed by atoms with Crippen molar-refractivity contribution in [2.45, 2.75) is 26.2 Å². The van der Waals surface area contributed by atoms with Crippen molar-refractivity contribution in [3.63, 3.8) is 0 Å². The molecule has 0 aliphatic heterocycles. The second-order valence-electron chi connectivity index (χ2n) is 4.22. The first-order chi connectivity index (χ1) is 8.63. The molecule has 0 atom stereocenters. The molecule has 1 aromatic rings. The molecule has 4 heteroatoms. The van der Waals surface area contributed by atoms with E-state index in [9.17, 15) is 4.79 Å². The van der Waals surface area contributed by atoms with Crippen LogP contribution in [-0.2, 0) is 4.79 Å². The van der Waals surface area contributed by atoms with E-state index >= 15 is 0 Å². The topological polar surface area (TPSA) is 29.5 Å². The van der Waals surface area contributed by atoms with Crippen molar-refractivity contribution in [2.75, 3.05) is 20.2 Å². The van der Waals surface area contributed by atoms with Crippen molar-refractivity contribution >= 4 is 17.5 Å². The number of benzene rings is 1. The first-order valence-corrected chi connectivity index (χ1v) is 6.63. The van der Waals surface area contributed by atoms with Crippen molar-refractivity contribution < 1.29 is 9.53 Å². The lowest BCUT2D eigenvalue weighted by Gasteiger charge is -2.17. The summed E-state index contributed by atoms with van der Waals surface area (Å²) >= 11 is 5.78. The van der Waals surface area contributed by atoms with Gasteiger partial charge in [-0.25, -0.2) is 0 Å². The molecule has 1 aromatic carbocycles. The van der Waals surface area contributed by atoms with E-state index in [0.29, 0.717) is 24.6 Å². The number of likely N-dealkylation sites (N-methyl/N-ethyl adjacent to an activating group) is 1. The van der Waals surface area contributed by atoms with E-state index in [1.165, 1.54) is 0 Å². The van der Waals surface area contributed by atoms with Crippen molar-refractivity contribution in [1.82, 2.24) is 4.90 Å². The van der Waals surface area contributed by atoms with E-state index in [-0.39, 0.29) is 5.91 Å². The van der Waals surface area contributed by atoms with Crippen LogP contribution < -0.4 is 4.74 Å². The average molecular weight is 270 g/mol. The molecule has 0 N–H and O–H groups in total. The summed E-state index contributed by atoms with van der Waals surface area (Å²) in [7, 11) is 1.81. The summed E-state index contributed by atoms with van der Waals surface area (Å²) in [5.74, 6) is 0.949. The lowest BCUT2D eigenvalue weighted by molar-refractivity contribution is -0.130. The SMILES string of the molecule is CCCCC(=O)N(C)CCOc1ccc(Cl)cc1. The molecule has 0 spiro atoms. The van der Waals surface area contributed by atoms with Crippen LogP contribution in [0.25, 0.3) is 0 Å². The van der Waals surface area contributed by atoms with Crippen LogP contribution in [0.2, 0.25) is 5.02 Å². The zero-order valence-electron chi connectivity index (χ0n) is 11.0. The number of nitrogens with zero attached hydrogens (tertiary/aromatic N) is 1. The molecule has 1 rings (SSSR count). The number of halogens is 1. The Labute approximate surface area is 114 Å². The van der Waals surface area contributed by atoms with Crippen LogP contribution >= 0.6 is 11.6 Å². The zero-order chi connectivity index (χ0) is 13.4. The minimum atomic E-state index is 0.177. The maximum absolute atomic E-state index is 11.6. The Morgan fingerprint density at radius 2 is 2.00 bits per heavy atom. The van der Waals surface area contributed by atoms with Gasteiger partial charge in [0.25, 0.3) is 0 Å². The molecule has 3 nitrogen and oxygen atoms in total. The zero-order valence-corrected chi connectivity index (χ0v) is 11.7. The molecule has 0 saturated carbocycles. The summed E-state index contributed by atoms with van der Waals surface area (Å²) in [6, 6.07) is 7.21. The standard InChI is InChI=1S/C14H20ClNO2/c1-3-4-5-14(17)16(2)10-11-18-13-8-6-12(15)7-9-13/h6-9H,3-5,10-11H2,1-2H3. The third-order valence-electron chi connectivity index (χ3n) is 2.68. The predicted octanol–water partition coefficient (Wildman–Crippen LogP) is 3.37. The van der Waals surface area contributed by atoms with Gasteiger partial charge >= 0.3 is 0 Å². The smallest absolute Gasteiger partial charge is 0.222 e. The molecule has 100 valence electrons. The summed E-state index contributed by atoms with van der Waals surface area (Å²) in [4.78, 5) is 13.4. The molecular weight excluding hydrogens is 250 g/mol. The predicted molar refractivity (Wildman–Crippen MR) is 74.1 cm³/mol. The first kappa shape index (κ1) is 14.8. The van der Waals surface area contributed by atoms with Crippen molar-refractivity contribution in [2.24, 2.45) is 0 Å². The van der Waals surface area contributed by atoms with Gasteiger partial charge < -0.3 is 9.64 Å². The maximum Gasteiger partial charge on any atom is 0.222 e. The van der Waals surface area contributed by atoms with E-state index in [1.54, 1.807) is 17.0 Å². The van der Waals surface area contributed by atoms with Crippen LogP contribution in [0.15, 0.2) is 24.3 Å². The quantitative estimate of drug-likeness (QED) is 0.760. The summed E-state index contributed by atoms with van der Waals surface area (Å²) < 4.78 is 5.53. The monoisotopic (exact) mass is 269 g/mol. The molecule has 0 fully saturated rings. The molecule has 18 heavy (non-hydrogen) atoms. The summed E-state index contributed by atoms with van der Waals surface area (Å²) in [6.45, 7) is 3.18. The Bertz CT molecular complexity index is 365. The minimum absolute atomic E-state index is 0.177. The Morgan fingerprint density at radius 1 is 1.33 bits per heavy atom. The molecule has 0 radical (unpaired) electrons. The van der Waals surface area contributed by atoms with Gasteiger partial charge in [-0.05, 0) is 30.7 Å². The van der Waals surface area contributed by atoms with Crippen LogP contribution in [0.4, 0.5) is 0 Å². The first-order valence-electron chi connectivity index (χ1n) is 6.25. The van der Waals surface area contributed by atoms with Gasteiger partial charge in [-0.1, -0.05) is 24.9 Å². The summed E-state index contributed by atoms with van der Waals surface area (Å²) in [5, 5.41) is 0.689. The highest BCUT2D eigenvalue weighted by Gasteiger charge is 2.07.